The fraction of sp³-hybridized carbons (Fsp3) is 0.375. The van der Waals surface area contributed by atoms with Crippen LogP contribution in [0.25, 0.3) is 0 Å². The molecular formula is C8H7ClF2N2O2. The van der Waals surface area contributed by atoms with E-state index in [1.807, 2.05) is 0 Å². The Bertz CT molecular complexity index is 398. The highest BCUT2D eigenvalue weighted by molar-refractivity contribution is 6.17. The van der Waals surface area contributed by atoms with Crippen LogP contribution in [-0.2, 0) is 5.88 Å². The molecule has 15 heavy (non-hydrogen) atoms. The minimum Gasteiger partial charge on any atom is -0.258 e. The van der Waals surface area contributed by atoms with Gasteiger partial charge in [-0.25, -0.2) is 8.78 Å². The van der Waals surface area contributed by atoms with Crippen molar-refractivity contribution in [2.24, 2.45) is 0 Å². The van der Waals surface area contributed by atoms with E-state index in [1.165, 1.54) is 6.92 Å². The lowest BCUT2D eigenvalue weighted by atomic mass is 10.1. The van der Waals surface area contributed by atoms with E-state index in [0.717, 1.165) is 6.20 Å². The first-order chi connectivity index (χ1) is 6.99. The molecule has 0 bridgehead atoms. The molecule has 0 unspecified atom stereocenters. The average molecular weight is 237 g/mol. The molecule has 0 saturated heterocycles. The lowest BCUT2D eigenvalue weighted by Crippen LogP contribution is -2.03. The van der Waals surface area contributed by atoms with Crippen molar-refractivity contribution in [3.05, 3.63) is 33.1 Å². The second kappa shape index (κ2) is 4.48. The minimum absolute atomic E-state index is 0.0187. The van der Waals surface area contributed by atoms with Crippen LogP contribution in [0.5, 0.6) is 0 Å². The molecule has 4 nitrogen and oxygen atoms in total. The number of alkyl halides is 3. The van der Waals surface area contributed by atoms with Crippen molar-refractivity contribution in [3.8, 4) is 0 Å². The summed E-state index contributed by atoms with van der Waals surface area (Å²) < 4.78 is 25.2. The highest BCUT2D eigenvalue weighted by Gasteiger charge is 2.23. The molecule has 0 amide bonds. The van der Waals surface area contributed by atoms with Gasteiger partial charge in [0.15, 0.2) is 0 Å². The van der Waals surface area contributed by atoms with Crippen LogP contribution in [0.3, 0.4) is 0 Å². The van der Waals surface area contributed by atoms with Crippen molar-refractivity contribution in [2.45, 2.75) is 19.2 Å². The number of nitro groups is 1. The van der Waals surface area contributed by atoms with E-state index in [1.54, 1.807) is 0 Å². The van der Waals surface area contributed by atoms with Crippen molar-refractivity contribution in [1.29, 1.82) is 0 Å². The molecule has 7 heteroatoms. The number of aromatic nitrogens is 1. The van der Waals surface area contributed by atoms with Gasteiger partial charge in [0.25, 0.3) is 12.1 Å². The summed E-state index contributed by atoms with van der Waals surface area (Å²) in [5.41, 5.74) is -0.964. The van der Waals surface area contributed by atoms with E-state index in [4.69, 9.17) is 11.6 Å². The molecular weight excluding hydrogens is 230 g/mol. The number of nitrogens with zero attached hydrogens (tertiary/aromatic N) is 2. The largest absolute Gasteiger partial charge is 0.290 e. The third-order valence-corrected chi connectivity index (χ3v) is 2.24. The van der Waals surface area contributed by atoms with Crippen LogP contribution in [0.4, 0.5) is 14.5 Å². The highest BCUT2D eigenvalue weighted by Crippen LogP contribution is 2.31. The molecule has 0 aliphatic carbocycles. The fourth-order valence-electron chi connectivity index (χ4n) is 1.24. The Morgan fingerprint density at radius 3 is 2.67 bits per heavy atom. The summed E-state index contributed by atoms with van der Waals surface area (Å²) in [6.45, 7) is 1.26. The van der Waals surface area contributed by atoms with E-state index in [9.17, 15) is 18.9 Å². The van der Waals surface area contributed by atoms with Gasteiger partial charge in [0, 0.05) is 5.56 Å². The Balaban J connectivity index is 3.42. The van der Waals surface area contributed by atoms with Gasteiger partial charge in [0.1, 0.15) is 6.20 Å². The van der Waals surface area contributed by atoms with Gasteiger partial charge in [-0.15, -0.1) is 11.6 Å². The van der Waals surface area contributed by atoms with Gasteiger partial charge in [-0.1, -0.05) is 0 Å². The Kier molecular flexibility index (Phi) is 3.52. The Hall–Kier alpha value is -1.30. The van der Waals surface area contributed by atoms with Gasteiger partial charge >= 0.3 is 0 Å². The molecule has 82 valence electrons. The molecule has 0 radical (unpaired) electrons. The molecule has 0 fully saturated rings. The third-order valence-electron chi connectivity index (χ3n) is 1.98. The van der Waals surface area contributed by atoms with Gasteiger partial charge in [-0.2, -0.15) is 0 Å². The van der Waals surface area contributed by atoms with Crippen molar-refractivity contribution in [2.75, 3.05) is 0 Å². The summed E-state index contributed by atoms with van der Waals surface area (Å²) in [6, 6.07) is 0. The Morgan fingerprint density at radius 2 is 2.27 bits per heavy atom. The molecule has 0 aromatic carbocycles. The zero-order valence-electron chi connectivity index (χ0n) is 7.71. The molecule has 0 saturated carbocycles. The number of pyridine rings is 1. The third kappa shape index (κ3) is 2.20. The molecule has 1 heterocycles. The molecule has 1 aromatic heterocycles. The van der Waals surface area contributed by atoms with E-state index in [-0.39, 0.29) is 17.1 Å². The molecule has 0 spiro atoms. The van der Waals surface area contributed by atoms with Crippen LogP contribution in [0, 0.1) is 17.0 Å². The molecule has 0 aliphatic rings. The molecule has 1 aromatic rings. The van der Waals surface area contributed by atoms with Crippen LogP contribution < -0.4 is 0 Å². The van der Waals surface area contributed by atoms with Crippen LogP contribution in [0.15, 0.2) is 6.20 Å². The zero-order valence-corrected chi connectivity index (χ0v) is 8.46. The fourth-order valence-corrected chi connectivity index (χ4v) is 1.45. The van der Waals surface area contributed by atoms with E-state index >= 15 is 0 Å². The maximum atomic E-state index is 12.6. The topological polar surface area (TPSA) is 56.0 Å². The average Bonchev–Trinajstić information content (AvgIpc) is 2.15. The summed E-state index contributed by atoms with van der Waals surface area (Å²) in [4.78, 5) is 13.3. The zero-order chi connectivity index (χ0) is 11.6. The number of halogens is 3. The number of hydrogen-bond acceptors (Lipinski definition) is 3. The van der Waals surface area contributed by atoms with Crippen molar-refractivity contribution in [3.63, 3.8) is 0 Å². The van der Waals surface area contributed by atoms with Crippen molar-refractivity contribution in [1.82, 2.24) is 4.98 Å². The molecule has 0 aliphatic heterocycles. The monoisotopic (exact) mass is 236 g/mol. The maximum Gasteiger partial charge on any atom is 0.290 e. The summed E-state index contributed by atoms with van der Waals surface area (Å²) in [5, 5.41) is 10.5. The quantitative estimate of drug-likeness (QED) is 0.461. The first-order valence-electron chi connectivity index (χ1n) is 3.96. The maximum absolute atomic E-state index is 12.6. The Labute approximate surface area is 89.0 Å². The minimum atomic E-state index is -2.81. The molecule has 0 N–H and O–H groups in total. The first-order valence-corrected chi connectivity index (χ1v) is 4.49. The standard InChI is InChI=1S/C8H7ClF2N2O2/c1-4-6(13(14)15)3-12-5(2-9)7(4)8(10)11/h3,8H,2H2,1H3. The van der Waals surface area contributed by atoms with E-state index in [2.05, 4.69) is 4.98 Å². The smallest absolute Gasteiger partial charge is 0.258 e. The highest BCUT2D eigenvalue weighted by atomic mass is 35.5. The van der Waals surface area contributed by atoms with Crippen LogP contribution in [0.2, 0.25) is 0 Å². The van der Waals surface area contributed by atoms with Gasteiger partial charge in [-0.3, -0.25) is 15.1 Å². The SMILES string of the molecule is Cc1c([N+](=O)[O-])cnc(CCl)c1C(F)F. The van der Waals surface area contributed by atoms with Gasteiger partial charge in [0.05, 0.1) is 22.1 Å². The summed E-state index contributed by atoms with van der Waals surface area (Å²) in [7, 11) is 0. The van der Waals surface area contributed by atoms with Gasteiger partial charge in [-0.05, 0) is 6.92 Å². The second-order valence-electron chi connectivity index (χ2n) is 2.82. The van der Waals surface area contributed by atoms with Gasteiger partial charge in [0.2, 0.25) is 0 Å². The lowest BCUT2D eigenvalue weighted by Gasteiger charge is -2.08. The van der Waals surface area contributed by atoms with E-state index in [0.29, 0.717) is 0 Å². The Morgan fingerprint density at radius 1 is 1.67 bits per heavy atom. The summed E-state index contributed by atoms with van der Waals surface area (Å²) in [6.07, 6.45) is -1.87. The van der Waals surface area contributed by atoms with Crippen molar-refractivity contribution >= 4 is 17.3 Å². The second-order valence-corrected chi connectivity index (χ2v) is 3.09. The van der Waals surface area contributed by atoms with Gasteiger partial charge < -0.3 is 0 Å². The van der Waals surface area contributed by atoms with E-state index < -0.39 is 22.6 Å². The predicted molar refractivity (Wildman–Crippen MR) is 50.1 cm³/mol. The normalized spacial score (nSPS) is 10.7. The number of hydrogen-bond donors (Lipinski definition) is 0. The van der Waals surface area contributed by atoms with Crippen LogP contribution >= 0.6 is 11.6 Å². The molecule has 1 rings (SSSR count). The summed E-state index contributed by atoms with van der Waals surface area (Å²) >= 11 is 5.41. The summed E-state index contributed by atoms with van der Waals surface area (Å²) in [5.74, 6) is -0.196. The first kappa shape index (κ1) is 11.8. The lowest BCUT2D eigenvalue weighted by molar-refractivity contribution is -0.385. The number of rotatable bonds is 3. The van der Waals surface area contributed by atoms with Crippen LogP contribution in [0.1, 0.15) is 23.2 Å². The van der Waals surface area contributed by atoms with Crippen LogP contribution in [-0.4, -0.2) is 9.91 Å². The van der Waals surface area contributed by atoms with Crippen molar-refractivity contribution < 1.29 is 13.7 Å². The predicted octanol–water partition coefficient (Wildman–Crippen LogP) is 2.97. The molecule has 0 atom stereocenters.